The largest absolute Gasteiger partial charge is 0.505 e. The molecule has 1 aromatic heterocycles. The smallest absolute Gasteiger partial charge is 0.296 e. The number of aromatic nitrogens is 1. The number of aromatic hydroxyl groups is 1. The number of amides is 1. The van der Waals surface area contributed by atoms with Gasteiger partial charge in [0.2, 0.25) is 5.95 Å². The van der Waals surface area contributed by atoms with Crippen molar-refractivity contribution in [2.45, 2.75) is 0 Å². The maximum Gasteiger partial charge on any atom is 0.296 e. The number of nitrogens with one attached hydrogen (secondary N) is 1. The summed E-state index contributed by atoms with van der Waals surface area (Å²) in [5.41, 5.74) is -0.774. The Hall–Kier alpha value is -3.03. The lowest BCUT2D eigenvalue weighted by Crippen LogP contribution is -2.13. The fourth-order valence-electron chi connectivity index (χ4n) is 1.50. The van der Waals surface area contributed by atoms with Gasteiger partial charge >= 0.3 is 0 Å². The molecule has 0 aliphatic heterocycles. The van der Waals surface area contributed by atoms with E-state index in [1.54, 1.807) is 0 Å². The zero-order valence-corrected chi connectivity index (χ0v) is 9.91. The number of carbonyl (C=O) groups is 1. The van der Waals surface area contributed by atoms with Crippen molar-refractivity contribution in [2.24, 2.45) is 0 Å². The topological polar surface area (TPSA) is 105 Å². The van der Waals surface area contributed by atoms with E-state index in [1.807, 2.05) is 0 Å². The SMILES string of the molecule is O=C(Nc1c(O)cccc1[N+](=O)[O-])c1ccc(F)nc1. The predicted octanol–water partition coefficient (Wildman–Crippen LogP) is 2.09. The van der Waals surface area contributed by atoms with Crippen molar-refractivity contribution < 1.29 is 19.2 Å². The Bertz CT molecular complexity index is 673. The third kappa shape index (κ3) is 2.69. The van der Waals surface area contributed by atoms with Crippen LogP contribution in [0.3, 0.4) is 0 Å². The normalized spacial score (nSPS) is 10.1. The molecule has 0 radical (unpaired) electrons. The lowest BCUT2D eigenvalue weighted by Gasteiger charge is -2.07. The molecule has 1 heterocycles. The number of benzene rings is 1. The van der Waals surface area contributed by atoms with E-state index in [4.69, 9.17) is 0 Å². The molecule has 0 saturated carbocycles. The molecule has 2 N–H and O–H groups in total. The van der Waals surface area contributed by atoms with Crippen LogP contribution in [0.15, 0.2) is 36.5 Å². The molecular weight excluding hydrogens is 269 g/mol. The maximum atomic E-state index is 12.6. The molecule has 0 aliphatic rings. The number of phenolic OH excluding ortho intramolecular Hbond substituents is 1. The summed E-state index contributed by atoms with van der Waals surface area (Å²) < 4.78 is 12.6. The summed E-state index contributed by atoms with van der Waals surface area (Å²) in [6.45, 7) is 0. The number of carbonyl (C=O) groups excluding carboxylic acids is 1. The van der Waals surface area contributed by atoms with Crippen LogP contribution in [0.25, 0.3) is 0 Å². The lowest BCUT2D eigenvalue weighted by molar-refractivity contribution is -0.384. The first-order chi connectivity index (χ1) is 9.49. The van der Waals surface area contributed by atoms with Crippen molar-refractivity contribution in [3.8, 4) is 5.75 Å². The van der Waals surface area contributed by atoms with Gasteiger partial charge in [-0.2, -0.15) is 4.39 Å². The van der Waals surface area contributed by atoms with Gasteiger partial charge in [-0.05, 0) is 18.2 Å². The molecule has 0 aliphatic carbocycles. The third-order valence-corrected chi connectivity index (χ3v) is 2.45. The predicted molar refractivity (Wildman–Crippen MR) is 66.9 cm³/mol. The molecule has 7 nitrogen and oxygen atoms in total. The van der Waals surface area contributed by atoms with Crippen molar-refractivity contribution in [1.82, 2.24) is 4.98 Å². The third-order valence-electron chi connectivity index (χ3n) is 2.45. The van der Waals surface area contributed by atoms with Gasteiger partial charge in [-0.3, -0.25) is 14.9 Å². The fraction of sp³-hybridized carbons (Fsp3) is 0. The number of nitro benzene ring substituents is 1. The summed E-state index contributed by atoms with van der Waals surface area (Å²) >= 11 is 0. The molecule has 102 valence electrons. The van der Waals surface area contributed by atoms with Gasteiger partial charge in [-0.25, -0.2) is 4.98 Å². The van der Waals surface area contributed by atoms with E-state index in [9.17, 15) is 24.4 Å². The van der Waals surface area contributed by atoms with Crippen molar-refractivity contribution in [1.29, 1.82) is 0 Å². The molecule has 2 aromatic rings. The second-order valence-corrected chi connectivity index (χ2v) is 3.75. The molecule has 0 spiro atoms. The first-order valence-corrected chi connectivity index (χ1v) is 5.38. The highest BCUT2D eigenvalue weighted by molar-refractivity contribution is 6.06. The Morgan fingerprint density at radius 3 is 2.70 bits per heavy atom. The Labute approximate surface area is 111 Å². The van der Waals surface area contributed by atoms with Gasteiger partial charge in [0.15, 0.2) is 5.69 Å². The van der Waals surface area contributed by atoms with Gasteiger partial charge in [-0.1, -0.05) is 6.07 Å². The molecule has 0 saturated heterocycles. The van der Waals surface area contributed by atoms with E-state index in [0.717, 1.165) is 18.3 Å². The lowest BCUT2D eigenvalue weighted by atomic mass is 10.2. The maximum absolute atomic E-state index is 12.6. The van der Waals surface area contributed by atoms with Gasteiger partial charge < -0.3 is 10.4 Å². The molecule has 20 heavy (non-hydrogen) atoms. The molecule has 2 rings (SSSR count). The highest BCUT2D eigenvalue weighted by atomic mass is 19.1. The second kappa shape index (κ2) is 5.31. The molecular formula is C12H8FN3O4. The molecule has 0 bridgehead atoms. The monoisotopic (exact) mass is 277 g/mol. The number of para-hydroxylation sites is 1. The Morgan fingerprint density at radius 1 is 1.35 bits per heavy atom. The summed E-state index contributed by atoms with van der Waals surface area (Å²) in [5.74, 6) is -1.94. The molecule has 8 heteroatoms. The van der Waals surface area contributed by atoms with Gasteiger partial charge in [0.05, 0.1) is 10.5 Å². The Morgan fingerprint density at radius 2 is 2.10 bits per heavy atom. The Kier molecular flexibility index (Phi) is 3.56. The van der Waals surface area contributed by atoms with Crippen LogP contribution in [0.1, 0.15) is 10.4 Å². The number of anilines is 1. The summed E-state index contributed by atoms with van der Waals surface area (Å²) in [4.78, 5) is 25.2. The van der Waals surface area contributed by atoms with Crippen LogP contribution >= 0.6 is 0 Å². The van der Waals surface area contributed by atoms with Crippen molar-refractivity contribution in [2.75, 3.05) is 5.32 Å². The highest BCUT2D eigenvalue weighted by Crippen LogP contribution is 2.33. The van der Waals surface area contributed by atoms with E-state index >= 15 is 0 Å². The van der Waals surface area contributed by atoms with Crippen molar-refractivity contribution in [3.63, 3.8) is 0 Å². The van der Waals surface area contributed by atoms with Crippen molar-refractivity contribution >= 4 is 17.3 Å². The van der Waals surface area contributed by atoms with Crippen LogP contribution in [-0.2, 0) is 0 Å². The van der Waals surface area contributed by atoms with Crippen LogP contribution in [0.5, 0.6) is 5.75 Å². The molecule has 0 atom stereocenters. The Balaban J connectivity index is 2.32. The zero-order valence-electron chi connectivity index (χ0n) is 9.91. The number of pyridine rings is 1. The molecule has 0 unspecified atom stereocenters. The molecule has 1 aromatic carbocycles. The quantitative estimate of drug-likeness (QED) is 0.387. The molecule has 1 amide bonds. The minimum atomic E-state index is -0.755. The summed E-state index contributed by atoms with van der Waals surface area (Å²) in [7, 11) is 0. The van der Waals surface area contributed by atoms with Gasteiger partial charge in [-0.15, -0.1) is 0 Å². The average molecular weight is 277 g/mol. The van der Waals surface area contributed by atoms with Crippen LogP contribution in [-0.4, -0.2) is 20.9 Å². The summed E-state index contributed by atoms with van der Waals surface area (Å²) in [6, 6.07) is 5.77. The number of hydrogen-bond donors (Lipinski definition) is 2. The van der Waals surface area contributed by atoms with E-state index in [1.165, 1.54) is 18.2 Å². The summed E-state index contributed by atoms with van der Waals surface area (Å²) in [6.07, 6.45) is 0.983. The average Bonchev–Trinajstić information content (AvgIpc) is 2.41. The minimum absolute atomic E-state index is 0.00366. The fourth-order valence-corrected chi connectivity index (χ4v) is 1.50. The minimum Gasteiger partial charge on any atom is -0.505 e. The van der Waals surface area contributed by atoms with E-state index in [2.05, 4.69) is 10.3 Å². The number of nitro groups is 1. The van der Waals surface area contributed by atoms with Crippen molar-refractivity contribution in [3.05, 3.63) is 58.2 Å². The first kappa shape index (κ1) is 13.4. The van der Waals surface area contributed by atoms with E-state index in [-0.39, 0.29) is 11.3 Å². The summed E-state index contributed by atoms with van der Waals surface area (Å²) in [5, 5.41) is 22.6. The van der Waals surface area contributed by atoms with Gasteiger partial charge in [0.1, 0.15) is 5.75 Å². The number of hydrogen-bond acceptors (Lipinski definition) is 5. The van der Waals surface area contributed by atoms with Gasteiger partial charge in [0.25, 0.3) is 11.6 Å². The molecule has 0 fully saturated rings. The van der Waals surface area contributed by atoms with Crippen LogP contribution in [0.4, 0.5) is 15.8 Å². The van der Waals surface area contributed by atoms with E-state index < -0.39 is 28.2 Å². The number of nitrogens with zero attached hydrogens (tertiary/aromatic N) is 2. The number of phenols is 1. The van der Waals surface area contributed by atoms with Gasteiger partial charge in [0, 0.05) is 12.3 Å². The second-order valence-electron chi connectivity index (χ2n) is 3.75. The first-order valence-electron chi connectivity index (χ1n) is 5.38. The zero-order chi connectivity index (χ0) is 14.7. The highest BCUT2D eigenvalue weighted by Gasteiger charge is 2.20. The van der Waals surface area contributed by atoms with Crippen LogP contribution in [0.2, 0.25) is 0 Å². The van der Waals surface area contributed by atoms with Crippen LogP contribution in [0, 0.1) is 16.1 Å². The number of halogens is 1. The van der Waals surface area contributed by atoms with E-state index in [0.29, 0.717) is 0 Å². The standard InChI is InChI=1S/C12H8FN3O4/c13-10-5-4-7(6-14-10)12(18)15-11-8(16(19)20)2-1-3-9(11)17/h1-6,17H,(H,15,18). The van der Waals surface area contributed by atoms with Crippen LogP contribution < -0.4 is 5.32 Å². The number of rotatable bonds is 3.